The summed E-state index contributed by atoms with van der Waals surface area (Å²) in [4.78, 5) is 16.5. The van der Waals surface area contributed by atoms with Crippen LogP contribution in [0.25, 0.3) is 0 Å². The van der Waals surface area contributed by atoms with Gasteiger partial charge in [0, 0.05) is 24.4 Å². The topological polar surface area (TPSA) is 34.4 Å². The Labute approximate surface area is 121 Å². The van der Waals surface area contributed by atoms with Gasteiger partial charge in [-0.15, -0.1) is 23.1 Å². The minimum Gasteiger partial charge on any atom is -0.327 e. The Kier molecular flexibility index (Phi) is 4.99. The first-order valence-corrected chi connectivity index (χ1v) is 7.99. The third-order valence-corrected chi connectivity index (χ3v) is 4.43. The smallest absolute Gasteiger partial charge is 0.258 e. The summed E-state index contributed by atoms with van der Waals surface area (Å²) >= 11 is 3.08. The van der Waals surface area contributed by atoms with Crippen LogP contribution in [0.3, 0.4) is 0 Å². The second kappa shape index (κ2) is 6.73. The molecule has 0 atom stereocenters. The first-order valence-electron chi connectivity index (χ1n) is 5.96. The Morgan fingerprint density at radius 2 is 2.11 bits per heavy atom. The molecule has 0 saturated heterocycles. The predicted octanol–water partition coefficient (Wildman–Crippen LogP) is 2.76. The molecule has 0 radical (unpaired) electrons. The molecule has 0 N–H and O–H groups in total. The van der Waals surface area contributed by atoms with Crippen LogP contribution in [0, 0.1) is 6.92 Å². The number of hydrogen-bond acceptors (Lipinski definition) is 3. The summed E-state index contributed by atoms with van der Waals surface area (Å²) < 4.78 is 1.85. The van der Waals surface area contributed by atoms with E-state index in [2.05, 4.69) is 36.2 Å². The molecule has 3 nitrogen and oxygen atoms in total. The van der Waals surface area contributed by atoms with E-state index in [1.807, 2.05) is 23.2 Å². The average molecular weight is 292 g/mol. The van der Waals surface area contributed by atoms with Crippen LogP contribution < -0.4 is 4.80 Å². The molecule has 1 aromatic carbocycles. The summed E-state index contributed by atoms with van der Waals surface area (Å²) in [5, 5.41) is 1.92. The van der Waals surface area contributed by atoms with Crippen LogP contribution in [0.15, 0.2) is 40.8 Å². The first kappa shape index (κ1) is 14.1. The lowest BCUT2D eigenvalue weighted by molar-refractivity contribution is -0.115. The van der Waals surface area contributed by atoms with Crippen molar-refractivity contribution in [1.82, 2.24) is 4.57 Å². The predicted molar refractivity (Wildman–Crippen MR) is 81.2 cm³/mol. The third kappa shape index (κ3) is 4.36. The van der Waals surface area contributed by atoms with E-state index < -0.39 is 0 Å². The maximum absolute atomic E-state index is 11.7. The van der Waals surface area contributed by atoms with Crippen LogP contribution in [0.5, 0.6) is 0 Å². The van der Waals surface area contributed by atoms with Gasteiger partial charge in [0.2, 0.25) is 0 Å². The van der Waals surface area contributed by atoms with E-state index in [0.29, 0.717) is 5.75 Å². The summed E-state index contributed by atoms with van der Waals surface area (Å²) in [5.41, 5.74) is 2.50. The highest BCUT2D eigenvalue weighted by atomic mass is 32.2. The molecular weight excluding hydrogens is 276 g/mol. The molecular formula is C14H16N2OS2. The highest BCUT2D eigenvalue weighted by molar-refractivity contribution is 7.99. The van der Waals surface area contributed by atoms with Crippen molar-refractivity contribution in [2.75, 3.05) is 5.75 Å². The van der Waals surface area contributed by atoms with Gasteiger partial charge in [0.15, 0.2) is 4.80 Å². The fourth-order valence-corrected chi connectivity index (χ4v) is 3.03. The maximum Gasteiger partial charge on any atom is 0.258 e. The van der Waals surface area contributed by atoms with Crippen LogP contribution in [-0.4, -0.2) is 16.2 Å². The van der Waals surface area contributed by atoms with Gasteiger partial charge in [-0.05, 0) is 12.5 Å². The number of aryl methyl sites for hydroxylation is 2. The largest absolute Gasteiger partial charge is 0.327 e. The molecule has 2 aromatic rings. The van der Waals surface area contributed by atoms with Gasteiger partial charge in [-0.25, -0.2) is 0 Å². The summed E-state index contributed by atoms with van der Waals surface area (Å²) in [5.74, 6) is 1.19. The van der Waals surface area contributed by atoms with Crippen molar-refractivity contribution in [3.63, 3.8) is 0 Å². The molecule has 19 heavy (non-hydrogen) atoms. The zero-order valence-electron chi connectivity index (χ0n) is 11.0. The fourth-order valence-electron chi connectivity index (χ4n) is 1.51. The van der Waals surface area contributed by atoms with Gasteiger partial charge in [-0.3, -0.25) is 4.79 Å². The lowest BCUT2D eigenvalue weighted by Gasteiger charge is -2.00. The Balaban J connectivity index is 1.85. The van der Waals surface area contributed by atoms with Crippen molar-refractivity contribution in [3.05, 3.63) is 51.8 Å². The van der Waals surface area contributed by atoms with E-state index in [1.54, 1.807) is 11.8 Å². The molecule has 0 aliphatic heterocycles. The molecule has 1 heterocycles. The second-order valence-corrected chi connectivity index (χ2v) is 6.14. The van der Waals surface area contributed by atoms with Gasteiger partial charge < -0.3 is 4.57 Å². The van der Waals surface area contributed by atoms with Crippen LogP contribution in [0.2, 0.25) is 0 Å². The molecule has 0 saturated carbocycles. The molecule has 5 heteroatoms. The number of amides is 1. The van der Waals surface area contributed by atoms with E-state index in [0.717, 1.165) is 10.6 Å². The number of rotatable bonds is 4. The third-order valence-electron chi connectivity index (χ3n) is 2.59. The van der Waals surface area contributed by atoms with Crippen molar-refractivity contribution < 1.29 is 4.79 Å². The van der Waals surface area contributed by atoms with E-state index in [4.69, 9.17) is 0 Å². The van der Waals surface area contributed by atoms with Gasteiger partial charge in [-0.2, -0.15) is 4.99 Å². The normalized spacial score (nSPS) is 11.8. The molecule has 0 aliphatic carbocycles. The number of thioether (sulfide) groups is 1. The van der Waals surface area contributed by atoms with Gasteiger partial charge in [0.25, 0.3) is 5.91 Å². The quantitative estimate of drug-likeness (QED) is 0.868. The number of thiazole rings is 1. The van der Waals surface area contributed by atoms with E-state index in [1.165, 1.54) is 22.5 Å². The van der Waals surface area contributed by atoms with Crippen molar-refractivity contribution in [1.29, 1.82) is 0 Å². The number of aromatic nitrogens is 1. The Morgan fingerprint density at radius 1 is 1.37 bits per heavy atom. The summed E-state index contributed by atoms with van der Waals surface area (Å²) in [6.07, 6.45) is 1.90. The van der Waals surface area contributed by atoms with Crippen LogP contribution in [0.4, 0.5) is 0 Å². The zero-order valence-corrected chi connectivity index (χ0v) is 12.6. The van der Waals surface area contributed by atoms with Crippen LogP contribution >= 0.6 is 23.1 Å². The molecule has 2 rings (SSSR count). The Hall–Kier alpha value is -1.33. The highest BCUT2D eigenvalue weighted by Crippen LogP contribution is 2.12. The number of carbonyl (C=O) groups is 1. The lowest BCUT2D eigenvalue weighted by atomic mass is 10.2. The standard InChI is InChI=1S/C14H16N2OS2/c1-11-3-5-12(6-4-11)9-18-10-13(17)15-14-16(2)7-8-19-14/h3-8H,9-10H2,1-2H3. The van der Waals surface area contributed by atoms with E-state index in [-0.39, 0.29) is 5.91 Å². The zero-order chi connectivity index (χ0) is 13.7. The molecule has 0 spiro atoms. The molecule has 100 valence electrons. The Bertz CT molecular complexity index is 611. The number of nitrogens with zero attached hydrogens (tertiary/aromatic N) is 2. The van der Waals surface area contributed by atoms with Crippen molar-refractivity contribution in [3.8, 4) is 0 Å². The Morgan fingerprint density at radius 3 is 2.74 bits per heavy atom. The minimum atomic E-state index is -0.0739. The maximum atomic E-state index is 11.7. The second-order valence-electron chi connectivity index (χ2n) is 4.28. The van der Waals surface area contributed by atoms with Gasteiger partial charge in [-0.1, -0.05) is 29.8 Å². The summed E-state index contributed by atoms with van der Waals surface area (Å²) in [6.45, 7) is 2.07. The number of hydrogen-bond donors (Lipinski definition) is 0. The van der Waals surface area contributed by atoms with Crippen LogP contribution in [-0.2, 0) is 17.6 Å². The molecule has 0 bridgehead atoms. The molecule has 0 aliphatic rings. The number of benzene rings is 1. The summed E-state index contributed by atoms with van der Waals surface area (Å²) in [7, 11) is 1.89. The van der Waals surface area contributed by atoms with Crippen LogP contribution in [0.1, 0.15) is 11.1 Å². The van der Waals surface area contributed by atoms with Gasteiger partial charge in [0.05, 0.1) is 5.75 Å². The van der Waals surface area contributed by atoms with Crippen molar-refractivity contribution >= 4 is 29.0 Å². The van der Waals surface area contributed by atoms with Crippen molar-refractivity contribution in [2.45, 2.75) is 12.7 Å². The van der Waals surface area contributed by atoms with Gasteiger partial charge in [0.1, 0.15) is 0 Å². The highest BCUT2D eigenvalue weighted by Gasteiger charge is 2.01. The number of carbonyl (C=O) groups excluding carboxylic acids is 1. The lowest BCUT2D eigenvalue weighted by Crippen LogP contribution is -2.13. The fraction of sp³-hybridized carbons (Fsp3) is 0.286. The van der Waals surface area contributed by atoms with E-state index in [9.17, 15) is 4.79 Å². The average Bonchev–Trinajstić information content (AvgIpc) is 2.78. The molecule has 1 aromatic heterocycles. The monoisotopic (exact) mass is 292 g/mol. The van der Waals surface area contributed by atoms with E-state index >= 15 is 0 Å². The van der Waals surface area contributed by atoms with Gasteiger partial charge >= 0.3 is 0 Å². The molecule has 1 amide bonds. The molecule has 0 unspecified atom stereocenters. The van der Waals surface area contributed by atoms with Crippen molar-refractivity contribution in [2.24, 2.45) is 12.0 Å². The summed E-state index contributed by atoms with van der Waals surface area (Å²) in [6, 6.07) is 8.38. The minimum absolute atomic E-state index is 0.0739. The first-order chi connectivity index (χ1) is 9.15. The SMILES string of the molecule is Cc1ccc(CSCC(=O)N=c2sccn2C)cc1. The molecule has 0 fully saturated rings.